The van der Waals surface area contributed by atoms with Gasteiger partial charge in [-0.15, -0.1) is 0 Å². The third kappa shape index (κ3) is 3.41. The number of carbonyl (C=O) groups is 1. The molecule has 0 spiro atoms. The molecule has 0 fully saturated rings. The van der Waals surface area contributed by atoms with E-state index in [9.17, 15) is 4.79 Å². The van der Waals surface area contributed by atoms with Gasteiger partial charge in [-0.3, -0.25) is 0 Å². The van der Waals surface area contributed by atoms with Gasteiger partial charge in [0, 0.05) is 36.1 Å². The van der Waals surface area contributed by atoms with Gasteiger partial charge in [0.1, 0.15) is 5.76 Å². The Morgan fingerprint density at radius 1 is 1.42 bits per heavy atom. The number of benzene rings is 1. The van der Waals surface area contributed by atoms with Crippen LogP contribution in [0.1, 0.15) is 41.0 Å². The highest BCUT2D eigenvalue weighted by atomic mass is 35.5. The number of nitrogens with one attached hydrogen (secondary N) is 1. The lowest BCUT2D eigenvalue weighted by Gasteiger charge is -2.29. The van der Waals surface area contributed by atoms with Crippen molar-refractivity contribution >= 4 is 17.6 Å². The Balaban J connectivity index is 1.59. The van der Waals surface area contributed by atoms with Crippen LogP contribution in [0.5, 0.6) is 0 Å². The van der Waals surface area contributed by atoms with Gasteiger partial charge in [-0.05, 0) is 43.5 Å². The minimum absolute atomic E-state index is 0.0331. The number of nitrogens with zero attached hydrogens (tertiary/aromatic N) is 2. The molecule has 0 bridgehead atoms. The Hall–Kier alpha value is -2.01. The maximum absolute atomic E-state index is 12.5. The molecule has 0 saturated carbocycles. The van der Waals surface area contributed by atoms with Gasteiger partial charge in [0.05, 0.1) is 5.69 Å². The molecule has 1 aromatic heterocycles. The van der Waals surface area contributed by atoms with Crippen LogP contribution in [0.3, 0.4) is 0 Å². The second kappa shape index (κ2) is 6.85. The molecule has 2 amide bonds. The second-order valence-corrected chi connectivity index (χ2v) is 6.85. The van der Waals surface area contributed by atoms with E-state index in [1.807, 2.05) is 36.9 Å². The normalized spacial score (nSPS) is 15.1. The topological polar surface area (TPSA) is 58.4 Å². The fraction of sp³-hybridized carbons (Fsp3) is 0.444. The lowest BCUT2D eigenvalue weighted by atomic mass is 9.99. The molecule has 5 nitrogen and oxygen atoms in total. The van der Waals surface area contributed by atoms with Crippen molar-refractivity contribution in [2.24, 2.45) is 0 Å². The maximum Gasteiger partial charge on any atom is 0.317 e. The summed E-state index contributed by atoms with van der Waals surface area (Å²) in [6.07, 6.45) is 0.836. The lowest BCUT2D eigenvalue weighted by molar-refractivity contribution is 0.192. The van der Waals surface area contributed by atoms with Crippen LogP contribution in [0.25, 0.3) is 0 Å². The van der Waals surface area contributed by atoms with Crippen LogP contribution >= 0.6 is 11.6 Å². The summed E-state index contributed by atoms with van der Waals surface area (Å²) >= 11 is 6.03. The number of aryl methyl sites for hydroxylation is 2. The van der Waals surface area contributed by atoms with E-state index in [1.165, 1.54) is 11.1 Å². The molecule has 1 N–H and O–H groups in total. The number of hydrogen-bond donors (Lipinski definition) is 1. The summed E-state index contributed by atoms with van der Waals surface area (Å²) < 4.78 is 5.20. The highest BCUT2D eigenvalue weighted by Gasteiger charge is 2.22. The minimum atomic E-state index is -0.0331. The molecule has 6 heteroatoms. The minimum Gasteiger partial charge on any atom is -0.361 e. The summed E-state index contributed by atoms with van der Waals surface area (Å²) in [6.45, 7) is 7.79. The summed E-state index contributed by atoms with van der Waals surface area (Å²) in [4.78, 5) is 14.3. The molecule has 24 heavy (non-hydrogen) atoms. The number of hydrogen-bond acceptors (Lipinski definition) is 3. The maximum atomic E-state index is 12.5. The van der Waals surface area contributed by atoms with Crippen LogP contribution in [0.2, 0.25) is 5.02 Å². The number of rotatable bonds is 3. The van der Waals surface area contributed by atoms with Crippen LogP contribution in [-0.2, 0) is 13.0 Å². The van der Waals surface area contributed by atoms with Crippen LogP contribution in [0.15, 0.2) is 22.7 Å². The van der Waals surface area contributed by atoms with E-state index in [2.05, 4.69) is 17.4 Å². The van der Waals surface area contributed by atoms with Crippen molar-refractivity contribution in [1.82, 2.24) is 15.4 Å². The molecule has 2 aromatic rings. The number of fused-ring (bicyclic) bond motifs is 1. The molecule has 0 radical (unpaired) electrons. The number of carbonyl (C=O) groups excluding carboxylic acids is 1. The summed E-state index contributed by atoms with van der Waals surface area (Å²) in [5.74, 6) is 0.981. The van der Waals surface area contributed by atoms with Crippen molar-refractivity contribution in [2.75, 3.05) is 13.1 Å². The molecule has 0 aliphatic carbocycles. The number of urea groups is 1. The fourth-order valence-corrected chi connectivity index (χ4v) is 3.54. The average molecular weight is 348 g/mol. The van der Waals surface area contributed by atoms with Gasteiger partial charge in [-0.1, -0.05) is 29.7 Å². The summed E-state index contributed by atoms with van der Waals surface area (Å²) in [6, 6.07) is 5.84. The van der Waals surface area contributed by atoms with Crippen LogP contribution in [-0.4, -0.2) is 29.2 Å². The first-order chi connectivity index (χ1) is 11.5. The predicted octanol–water partition coefficient (Wildman–Crippen LogP) is 3.82. The molecule has 128 valence electrons. The van der Waals surface area contributed by atoms with Gasteiger partial charge < -0.3 is 14.7 Å². The van der Waals surface area contributed by atoms with E-state index >= 15 is 0 Å². The van der Waals surface area contributed by atoms with E-state index in [1.54, 1.807) is 0 Å². The monoisotopic (exact) mass is 347 g/mol. The van der Waals surface area contributed by atoms with Crippen molar-refractivity contribution in [3.8, 4) is 0 Å². The standard InChI is InChI=1S/C18H22ClN3O2/c1-11(17-12(2)21-24-13(17)3)9-20-18(23)22-7-6-14-8-16(19)5-4-15(14)10-22/h4-5,8,11H,6-7,9-10H2,1-3H3,(H,20,23)/t11-/m0/s1. The van der Waals surface area contributed by atoms with Gasteiger partial charge in [0.25, 0.3) is 0 Å². The van der Waals surface area contributed by atoms with Gasteiger partial charge in [0.15, 0.2) is 0 Å². The lowest BCUT2D eigenvalue weighted by Crippen LogP contribution is -2.43. The molecule has 1 aromatic carbocycles. The van der Waals surface area contributed by atoms with Gasteiger partial charge in [-0.25, -0.2) is 4.79 Å². The molecule has 0 saturated heterocycles. The third-order valence-electron chi connectivity index (χ3n) is 4.61. The smallest absolute Gasteiger partial charge is 0.317 e. The van der Waals surface area contributed by atoms with Crippen LogP contribution in [0, 0.1) is 13.8 Å². The van der Waals surface area contributed by atoms with E-state index in [-0.39, 0.29) is 11.9 Å². The number of aromatic nitrogens is 1. The SMILES string of the molecule is Cc1noc(C)c1[C@@H](C)CNC(=O)N1CCc2cc(Cl)ccc2C1. The molecule has 0 unspecified atom stereocenters. The first kappa shape index (κ1) is 16.8. The summed E-state index contributed by atoms with van der Waals surface area (Å²) in [7, 11) is 0. The van der Waals surface area contributed by atoms with E-state index < -0.39 is 0 Å². The van der Waals surface area contributed by atoms with Crippen molar-refractivity contribution in [1.29, 1.82) is 0 Å². The van der Waals surface area contributed by atoms with E-state index in [4.69, 9.17) is 16.1 Å². The molecule has 1 atom stereocenters. The Morgan fingerprint density at radius 2 is 2.21 bits per heavy atom. The highest BCUT2D eigenvalue weighted by molar-refractivity contribution is 6.30. The van der Waals surface area contributed by atoms with E-state index in [0.29, 0.717) is 19.6 Å². The Bertz CT molecular complexity index is 737. The summed E-state index contributed by atoms with van der Waals surface area (Å²) in [5.41, 5.74) is 4.36. The molecule has 2 heterocycles. The number of amides is 2. The van der Waals surface area contributed by atoms with Crippen molar-refractivity contribution < 1.29 is 9.32 Å². The molecular formula is C18H22ClN3O2. The van der Waals surface area contributed by atoms with Crippen LogP contribution < -0.4 is 5.32 Å². The molecular weight excluding hydrogens is 326 g/mol. The average Bonchev–Trinajstić information content (AvgIpc) is 2.90. The van der Waals surface area contributed by atoms with Crippen molar-refractivity contribution in [3.05, 3.63) is 51.4 Å². The molecule has 1 aliphatic rings. The molecule has 1 aliphatic heterocycles. The zero-order valence-electron chi connectivity index (χ0n) is 14.2. The van der Waals surface area contributed by atoms with Crippen molar-refractivity contribution in [2.45, 2.75) is 39.7 Å². The quantitative estimate of drug-likeness (QED) is 0.918. The van der Waals surface area contributed by atoms with Crippen molar-refractivity contribution in [3.63, 3.8) is 0 Å². The first-order valence-corrected chi connectivity index (χ1v) is 8.56. The Kier molecular flexibility index (Phi) is 4.81. The first-order valence-electron chi connectivity index (χ1n) is 8.18. The van der Waals surface area contributed by atoms with Gasteiger partial charge in [0.2, 0.25) is 0 Å². The molecule has 3 rings (SSSR count). The highest BCUT2D eigenvalue weighted by Crippen LogP contribution is 2.24. The predicted molar refractivity (Wildman–Crippen MR) is 93.4 cm³/mol. The Labute approximate surface area is 147 Å². The third-order valence-corrected chi connectivity index (χ3v) is 4.84. The fourth-order valence-electron chi connectivity index (χ4n) is 3.34. The largest absolute Gasteiger partial charge is 0.361 e. The zero-order chi connectivity index (χ0) is 17.3. The van der Waals surface area contributed by atoms with E-state index in [0.717, 1.165) is 28.5 Å². The number of halogens is 1. The van der Waals surface area contributed by atoms with Gasteiger partial charge in [-0.2, -0.15) is 0 Å². The summed E-state index contributed by atoms with van der Waals surface area (Å²) in [5, 5.41) is 7.76. The van der Waals surface area contributed by atoms with Crippen LogP contribution in [0.4, 0.5) is 4.79 Å². The zero-order valence-corrected chi connectivity index (χ0v) is 15.0. The second-order valence-electron chi connectivity index (χ2n) is 6.41. The van der Waals surface area contributed by atoms with Gasteiger partial charge >= 0.3 is 6.03 Å². The Morgan fingerprint density at radius 3 is 2.92 bits per heavy atom.